The fourth-order valence-corrected chi connectivity index (χ4v) is 4.03. The van der Waals surface area contributed by atoms with Gasteiger partial charge < -0.3 is 56.8 Å². The molecule has 0 radical (unpaired) electrons. The van der Waals surface area contributed by atoms with Gasteiger partial charge in [0.15, 0.2) is 0 Å². The van der Waals surface area contributed by atoms with E-state index in [0.717, 1.165) is 6.61 Å². The van der Waals surface area contributed by atoms with E-state index in [2.05, 4.69) is 42.9 Å². The number of nitrogens with zero attached hydrogens (tertiary/aromatic N) is 3. The van der Waals surface area contributed by atoms with Crippen molar-refractivity contribution in [2.75, 3.05) is 159 Å². The minimum Gasteiger partial charge on any atom is -0.382 e. The third-order valence-electron chi connectivity index (χ3n) is 6.47. The van der Waals surface area contributed by atoms with E-state index in [-0.39, 0.29) is 0 Å². The molecular formula is C35H65N3O12. The molecule has 0 spiro atoms. The van der Waals surface area contributed by atoms with Gasteiger partial charge in [0.25, 0.3) is 0 Å². The van der Waals surface area contributed by atoms with Gasteiger partial charge in [-0.05, 0) is 49.9 Å². The average Bonchev–Trinajstić information content (AvgIpc) is 3.10. The fourth-order valence-electron chi connectivity index (χ4n) is 4.03. The van der Waals surface area contributed by atoms with Crippen LogP contribution in [0.5, 0.6) is 0 Å². The highest BCUT2D eigenvalue weighted by atomic mass is 16.6. The summed E-state index contributed by atoms with van der Waals surface area (Å²) in [5.41, 5.74) is 13.3. The Hall–Kier alpha value is -1.95. The number of aryl methyl sites for hydroxylation is 3. The molecule has 0 aliphatic carbocycles. The molecule has 0 unspecified atom stereocenters. The number of hydrogen-bond acceptors (Lipinski definition) is 13. The lowest BCUT2D eigenvalue weighted by Crippen LogP contribution is -2.15. The zero-order valence-corrected chi connectivity index (χ0v) is 31.4. The second kappa shape index (κ2) is 39.8. The van der Waals surface area contributed by atoms with Gasteiger partial charge in [-0.1, -0.05) is 22.8 Å². The van der Waals surface area contributed by atoms with Gasteiger partial charge in [-0.3, -0.25) is 0 Å². The maximum Gasteiger partial charge on any atom is 0.0723 e. The molecule has 0 N–H and O–H groups in total. The number of azide groups is 1. The molecule has 0 fully saturated rings. The van der Waals surface area contributed by atoms with Crippen molar-refractivity contribution in [3.63, 3.8) is 0 Å². The Morgan fingerprint density at radius 1 is 0.480 bits per heavy atom. The van der Waals surface area contributed by atoms with Crippen LogP contribution in [0, 0.1) is 20.8 Å². The Morgan fingerprint density at radius 2 is 0.800 bits per heavy atom. The summed E-state index contributed by atoms with van der Waals surface area (Å²) in [5, 5.41) is 3.36. The molecule has 0 heterocycles. The second-order valence-electron chi connectivity index (χ2n) is 10.6. The van der Waals surface area contributed by atoms with Crippen molar-refractivity contribution in [1.82, 2.24) is 0 Å². The van der Waals surface area contributed by atoms with E-state index in [1.807, 2.05) is 6.92 Å². The molecule has 50 heavy (non-hydrogen) atoms. The number of benzene rings is 1. The van der Waals surface area contributed by atoms with E-state index in [1.54, 1.807) is 7.11 Å². The summed E-state index contributed by atoms with van der Waals surface area (Å²) < 4.78 is 63.9. The van der Waals surface area contributed by atoms with Gasteiger partial charge in [-0.2, -0.15) is 0 Å². The number of rotatable bonds is 36. The van der Waals surface area contributed by atoms with Crippen molar-refractivity contribution in [2.24, 2.45) is 5.11 Å². The molecule has 292 valence electrons. The van der Waals surface area contributed by atoms with E-state index in [9.17, 15) is 0 Å². The van der Waals surface area contributed by atoms with Gasteiger partial charge in [-0.25, -0.2) is 0 Å². The van der Waals surface area contributed by atoms with E-state index in [4.69, 9.17) is 62.4 Å². The first-order chi connectivity index (χ1) is 24.6. The summed E-state index contributed by atoms with van der Waals surface area (Å²) in [7, 11) is 1.64. The van der Waals surface area contributed by atoms with Crippen molar-refractivity contribution in [1.29, 1.82) is 0 Å². The minimum atomic E-state index is 0.334. The van der Waals surface area contributed by atoms with Crippen LogP contribution >= 0.6 is 0 Å². The first-order valence-electron chi connectivity index (χ1n) is 17.5. The molecule has 0 bridgehead atoms. The van der Waals surface area contributed by atoms with Gasteiger partial charge in [-0.15, -0.1) is 0 Å². The van der Waals surface area contributed by atoms with Gasteiger partial charge >= 0.3 is 0 Å². The lowest BCUT2D eigenvalue weighted by molar-refractivity contribution is -0.0241. The summed E-state index contributed by atoms with van der Waals surface area (Å²) in [6.07, 6.45) is 0. The maximum atomic E-state index is 8.10. The summed E-state index contributed by atoms with van der Waals surface area (Å²) in [6, 6.07) is 4.40. The molecule has 1 rings (SSSR count). The number of hydrogen-bond donors (Lipinski definition) is 0. The number of methoxy groups -OCH3 is 1. The molecule has 0 aromatic heterocycles. The molecule has 1 aromatic carbocycles. The molecular weight excluding hydrogens is 654 g/mol. The van der Waals surface area contributed by atoms with Gasteiger partial charge in [0.1, 0.15) is 0 Å². The molecule has 1 aromatic rings. The fraction of sp³-hybridized carbons (Fsp3) is 0.829. The number of ether oxygens (including phenoxy) is 12. The van der Waals surface area contributed by atoms with Crippen molar-refractivity contribution < 1.29 is 56.8 Å². The normalized spacial score (nSPS) is 11.0. The molecule has 0 aliphatic rings. The third kappa shape index (κ3) is 34.5. The molecule has 0 saturated heterocycles. The summed E-state index contributed by atoms with van der Waals surface area (Å²) >= 11 is 0. The maximum absolute atomic E-state index is 8.10. The molecule has 0 aliphatic heterocycles. The summed E-state index contributed by atoms with van der Waals surface area (Å²) in [6.45, 7) is 21.4. The van der Waals surface area contributed by atoms with E-state index < -0.39 is 0 Å². The Labute approximate surface area is 300 Å². The van der Waals surface area contributed by atoms with Crippen LogP contribution in [0.15, 0.2) is 17.2 Å². The molecule has 0 amide bonds. The van der Waals surface area contributed by atoms with Crippen LogP contribution in [0.3, 0.4) is 0 Å². The third-order valence-corrected chi connectivity index (χ3v) is 6.47. The Kier molecular flexibility index (Phi) is 38.3. The molecule has 15 nitrogen and oxygen atoms in total. The van der Waals surface area contributed by atoms with Crippen LogP contribution in [0.1, 0.15) is 29.2 Å². The smallest absolute Gasteiger partial charge is 0.0723 e. The van der Waals surface area contributed by atoms with Crippen molar-refractivity contribution >= 4 is 0 Å². The molecule has 0 atom stereocenters. The zero-order valence-electron chi connectivity index (χ0n) is 31.4. The van der Waals surface area contributed by atoms with Gasteiger partial charge in [0.2, 0.25) is 0 Å². The highest BCUT2D eigenvalue weighted by molar-refractivity contribution is 5.36. The Morgan fingerprint density at radius 3 is 1.14 bits per heavy atom. The monoisotopic (exact) mass is 719 g/mol. The van der Waals surface area contributed by atoms with Crippen LogP contribution in [0.2, 0.25) is 0 Å². The Balaban J connectivity index is 0.00000107. The summed E-state index contributed by atoms with van der Waals surface area (Å²) in [4.78, 5) is 2.63. The van der Waals surface area contributed by atoms with Crippen molar-refractivity contribution in [3.05, 3.63) is 44.8 Å². The van der Waals surface area contributed by atoms with Crippen molar-refractivity contribution in [2.45, 2.75) is 34.3 Å². The van der Waals surface area contributed by atoms with Gasteiger partial charge in [0, 0.05) is 25.2 Å². The van der Waals surface area contributed by atoms with E-state index in [0.29, 0.717) is 152 Å². The highest BCUT2D eigenvalue weighted by Gasteiger charge is 2.04. The molecule has 15 heteroatoms. The Bertz CT molecular complexity index is 887. The first kappa shape index (κ1) is 48.0. The standard InChI is InChI=1S/C19H39N3O9.C16H26O3/c1-23-4-5-25-8-9-27-12-13-29-16-17-31-19-18-30-15-14-28-11-10-26-7-6-24-3-2-21-22-20;1-5-17-6-7-18-8-9-19-12-16-14(3)10-13(2)11-15(16)4/h2-19H2,1H3;10-11H,5-9,12H2,1-4H3. The van der Waals surface area contributed by atoms with E-state index in [1.165, 1.54) is 22.3 Å². The van der Waals surface area contributed by atoms with Gasteiger partial charge in [0.05, 0.1) is 145 Å². The van der Waals surface area contributed by atoms with E-state index >= 15 is 0 Å². The summed E-state index contributed by atoms with van der Waals surface area (Å²) in [5.74, 6) is 0. The van der Waals surface area contributed by atoms with Crippen LogP contribution in [0.4, 0.5) is 0 Å². The minimum absolute atomic E-state index is 0.334. The topological polar surface area (TPSA) is 160 Å². The highest BCUT2D eigenvalue weighted by Crippen LogP contribution is 2.17. The predicted molar refractivity (Wildman–Crippen MR) is 190 cm³/mol. The second-order valence-corrected chi connectivity index (χ2v) is 10.6. The zero-order chi connectivity index (χ0) is 36.6. The molecule has 0 saturated carbocycles. The van der Waals surface area contributed by atoms with Crippen molar-refractivity contribution in [3.8, 4) is 0 Å². The van der Waals surface area contributed by atoms with Crippen LogP contribution in [-0.2, 0) is 63.4 Å². The van der Waals surface area contributed by atoms with Crippen LogP contribution in [-0.4, -0.2) is 159 Å². The SMILES string of the molecule is CCOCCOCCOCc1c(C)cc(C)cc1C.COCCOCCOCCOCCOCCOCCOCCOCCOCCN=[N+]=[N-]. The predicted octanol–water partition coefficient (Wildman–Crippen LogP) is 4.26. The quantitative estimate of drug-likeness (QED) is 0.0421. The lowest BCUT2D eigenvalue weighted by atomic mass is 10.0. The lowest BCUT2D eigenvalue weighted by Gasteiger charge is -2.12. The average molecular weight is 720 g/mol. The van der Waals surface area contributed by atoms with Crippen LogP contribution < -0.4 is 0 Å². The van der Waals surface area contributed by atoms with Crippen LogP contribution in [0.25, 0.3) is 10.4 Å². The largest absolute Gasteiger partial charge is 0.382 e. The first-order valence-corrected chi connectivity index (χ1v) is 17.5.